The lowest BCUT2D eigenvalue weighted by atomic mass is 10.0. The summed E-state index contributed by atoms with van der Waals surface area (Å²) in [4.78, 5) is 6.35. The summed E-state index contributed by atoms with van der Waals surface area (Å²) in [5, 5.41) is 4.68. The molecule has 3 fully saturated rings. The number of nitrogens with zero attached hydrogens (tertiary/aromatic N) is 4. The highest BCUT2D eigenvalue weighted by atomic mass is 19.4. The quantitative estimate of drug-likeness (QED) is 0.736. The molecule has 2 saturated carbocycles. The Labute approximate surface area is 185 Å². The van der Waals surface area contributed by atoms with Crippen molar-refractivity contribution >= 4 is 5.82 Å². The van der Waals surface area contributed by atoms with E-state index in [-0.39, 0.29) is 6.04 Å². The number of ether oxygens (including phenoxy) is 1. The highest BCUT2D eigenvalue weighted by Crippen LogP contribution is 2.64. The number of rotatable bonds is 5. The zero-order chi connectivity index (χ0) is 22.8. The molecule has 2 aliphatic carbocycles. The van der Waals surface area contributed by atoms with E-state index in [2.05, 4.69) is 28.8 Å². The maximum absolute atomic E-state index is 13.3. The van der Waals surface area contributed by atoms with Crippen molar-refractivity contribution in [1.29, 1.82) is 0 Å². The molecule has 5 rings (SSSR count). The zero-order valence-electron chi connectivity index (χ0n) is 18.6. The van der Waals surface area contributed by atoms with Gasteiger partial charge in [-0.3, -0.25) is 9.58 Å². The maximum Gasteiger partial charge on any atom is 0.419 e. The molecule has 0 aromatic carbocycles. The molecule has 5 atom stereocenters. The van der Waals surface area contributed by atoms with Gasteiger partial charge in [0.25, 0.3) is 0 Å². The van der Waals surface area contributed by atoms with Crippen LogP contribution in [-0.2, 0) is 10.9 Å². The molecule has 0 amide bonds. The fourth-order valence-corrected chi connectivity index (χ4v) is 5.88. The lowest BCUT2D eigenvalue weighted by Gasteiger charge is -2.26. The van der Waals surface area contributed by atoms with Crippen molar-refractivity contribution in [2.24, 2.45) is 11.8 Å². The average molecular weight is 450 g/mol. The first kappa shape index (κ1) is 21.7. The van der Waals surface area contributed by atoms with Gasteiger partial charge in [-0.15, -0.1) is 0 Å². The molecular weight excluding hydrogens is 419 g/mol. The fourth-order valence-electron chi connectivity index (χ4n) is 5.88. The van der Waals surface area contributed by atoms with Gasteiger partial charge in [0.2, 0.25) is 0 Å². The number of nitrogens with two attached hydrogens (primary N) is 1. The van der Waals surface area contributed by atoms with Gasteiger partial charge in [0.05, 0.1) is 17.4 Å². The van der Waals surface area contributed by atoms with Crippen molar-refractivity contribution in [3.8, 4) is 11.3 Å². The monoisotopic (exact) mass is 449 g/mol. The predicted octanol–water partition coefficient (Wildman–Crippen LogP) is 4.34. The van der Waals surface area contributed by atoms with E-state index < -0.39 is 17.6 Å². The number of fused-ring (bicyclic) bond motifs is 1. The van der Waals surface area contributed by atoms with Crippen LogP contribution in [-0.4, -0.2) is 52.0 Å². The second-order valence-corrected chi connectivity index (χ2v) is 9.77. The number of likely N-dealkylation sites (tertiary alicyclic amines) is 1. The standard InChI is InChI=1S/C23H30F3N5O/c1-12(2)31-20(9-19(29-31)13-6-18(23(24,25)26)22(27)28-10-13)21-16-7-14(8-17(16)21)30-5-4-15(11-30)32-3/h6,9-10,12,14-17,21H,4-5,7-8,11H2,1-3H3,(H2,27,28)/t14?,15-,16-,17+,21?/m1/s1. The third kappa shape index (κ3) is 3.69. The minimum Gasteiger partial charge on any atom is -0.383 e. The van der Waals surface area contributed by atoms with Crippen LogP contribution in [0.3, 0.4) is 0 Å². The molecule has 1 aliphatic heterocycles. The minimum atomic E-state index is -4.55. The van der Waals surface area contributed by atoms with Crippen LogP contribution in [0.1, 0.15) is 56.3 Å². The molecule has 6 nitrogen and oxygen atoms in total. The lowest BCUT2D eigenvalue weighted by Crippen LogP contribution is -2.33. The highest BCUT2D eigenvalue weighted by Gasteiger charge is 2.59. The molecule has 1 saturated heterocycles. The van der Waals surface area contributed by atoms with E-state index >= 15 is 0 Å². The second-order valence-electron chi connectivity index (χ2n) is 9.77. The van der Waals surface area contributed by atoms with Gasteiger partial charge >= 0.3 is 6.18 Å². The summed E-state index contributed by atoms with van der Waals surface area (Å²) in [5.74, 6) is 1.17. The number of nitrogen functional groups attached to an aromatic ring is 1. The number of halogens is 3. The van der Waals surface area contributed by atoms with Crippen LogP contribution < -0.4 is 5.73 Å². The first-order chi connectivity index (χ1) is 15.2. The molecule has 0 bridgehead atoms. The number of hydrogen-bond acceptors (Lipinski definition) is 5. The van der Waals surface area contributed by atoms with Crippen molar-refractivity contribution in [2.75, 3.05) is 25.9 Å². The Morgan fingerprint density at radius 2 is 1.91 bits per heavy atom. The van der Waals surface area contributed by atoms with Crippen LogP contribution in [0.2, 0.25) is 0 Å². The van der Waals surface area contributed by atoms with Crippen LogP contribution in [0.4, 0.5) is 19.0 Å². The molecule has 0 radical (unpaired) electrons. The summed E-state index contributed by atoms with van der Waals surface area (Å²) in [7, 11) is 1.79. The van der Waals surface area contributed by atoms with Crippen LogP contribution >= 0.6 is 0 Å². The van der Waals surface area contributed by atoms with E-state index in [1.165, 1.54) is 19.0 Å². The molecule has 2 aromatic heterocycles. The Kier molecular flexibility index (Phi) is 5.24. The van der Waals surface area contributed by atoms with Crippen molar-refractivity contribution in [1.82, 2.24) is 19.7 Å². The maximum atomic E-state index is 13.3. The first-order valence-electron chi connectivity index (χ1n) is 11.4. The van der Waals surface area contributed by atoms with Crippen LogP contribution in [0, 0.1) is 11.8 Å². The minimum absolute atomic E-state index is 0.126. The SMILES string of the molecule is CO[C@@H]1CCN(C2C[C@@H]3C(c4cc(-c5cnc(N)c(C(F)(F)F)c5)nn4C(C)C)[C@@H]3C2)C1. The third-order valence-electron chi connectivity index (χ3n) is 7.56. The summed E-state index contributed by atoms with van der Waals surface area (Å²) >= 11 is 0. The summed E-state index contributed by atoms with van der Waals surface area (Å²) in [6.07, 6.45) is 0.632. The van der Waals surface area contributed by atoms with Gasteiger partial charge in [-0.2, -0.15) is 18.3 Å². The summed E-state index contributed by atoms with van der Waals surface area (Å²) < 4.78 is 47.4. The van der Waals surface area contributed by atoms with Gasteiger partial charge in [0.1, 0.15) is 5.82 Å². The highest BCUT2D eigenvalue weighted by molar-refractivity contribution is 5.63. The zero-order valence-corrected chi connectivity index (χ0v) is 18.6. The second kappa shape index (κ2) is 7.73. The number of alkyl halides is 3. The normalized spacial score (nSPS) is 30.3. The van der Waals surface area contributed by atoms with E-state index in [4.69, 9.17) is 10.5 Å². The van der Waals surface area contributed by atoms with Gasteiger partial charge in [-0.25, -0.2) is 4.98 Å². The van der Waals surface area contributed by atoms with Gasteiger partial charge in [0, 0.05) is 55.7 Å². The molecule has 2 aromatic rings. The average Bonchev–Trinajstić information content (AvgIpc) is 3.22. The molecule has 32 heavy (non-hydrogen) atoms. The molecular formula is C23H30F3N5O. The lowest BCUT2D eigenvalue weighted by molar-refractivity contribution is -0.137. The Balaban J connectivity index is 1.36. The summed E-state index contributed by atoms with van der Waals surface area (Å²) in [6, 6.07) is 3.76. The number of anilines is 1. The molecule has 3 heterocycles. The van der Waals surface area contributed by atoms with Gasteiger partial charge in [-0.1, -0.05) is 0 Å². The molecule has 3 aliphatic rings. The Hall–Kier alpha value is -2.13. The molecule has 2 N–H and O–H groups in total. The largest absolute Gasteiger partial charge is 0.419 e. The number of hydrogen-bond donors (Lipinski definition) is 1. The predicted molar refractivity (Wildman–Crippen MR) is 115 cm³/mol. The molecule has 2 unspecified atom stereocenters. The molecule has 0 spiro atoms. The Morgan fingerprint density at radius 3 is 2.50 bits per heavy atom. The van der Waals surface area contributed by atoms with Gasteiger partial charge in [-0.05, 0) is 57.1 Å². The van der Waals surface area contributed by atoms with Crippen molar-refractivity contribution in [3.63, 3.8) is 0 Å². The topological polar surface area (TPSA) is 69.2 Å². The van der Waals surface area contributed by atoms with Gasteiger partial charge < -0.3 is 10.5 Å². The Bertz CT molecular complexity index is 992. The van der Waals surface area contributed by atoms with Crippen molar-refractivity contribution in [2.45, 2.75) is 63.4 Å². The van der Waals surface area contributed by atoms with Crippen molar-refractivity contribution in [3.05, 3.63) is 29.6 Å². The van der Waals surface area contributed by atoms with Crippen molar-refractivity contribution < 1.29 is 17.9 Å². The van der Waals surface area contributed by atoms with E-state index in [0.717, 1.165) is 31.3 Å². The van der Waals surface area contributed by atoms with Gasteiger partial charge in [0.15, 0.2) is 0 Å². The molecule has 174 valence electrons. The van der Waals surface area contributed by atoms with Crippen LogP contribution in [0.15, 0.2) is 18.3 Å². The van der Waals surface area contributed by atoms with E-state index in [1.807, 2.05) is 10.7 Å². The number of pyridine rings is 1. The Morgan fingerprint density at radius 1 is 1.19 bits per heavy atom. The fraction of sp³-hybridized carbons (Fsp3) is 0.652. The van der Waals surface area contributed by atoms with Crippen LogP contribution in [0.5, 0.6) is 0 Å². The van der Waals surface area contributed by atoms with E-state index in [1.54, 1.807) is 7.11 Å². The smallest absolute Gasteiger partial charge is 0.383 e. The summed E-state index contributed by atoms with van der Waals surface area (Å²) in [5.41, 5.74) is 6.56. The van der Waals surface area contributed by atoms with Crippen LogP contribution in [0.25, 0.3) is 11.3 Å². The van der Waals surface area contributed by atoms with E-state index in [0.29, 0.717) is 41.2 Å². The number of methoxy groups -OCH3 is 1. The van der Waals surface area contributed by atoms with E-state index in [9.17, 15) is 13.2 Å². The first-order valence-corrected chi connectivity index (χ1v) is 11.4. The third-order valence-corrected chi connectivity index (χ3v) is 7.56. The summed E-state index contributed by atoms with van der Waals surface area (Å²) in [6.45, 7) is 6.23. The molecule has 9 heteroatoms. The number of aromatic nitrogens is 3.